The molecule has 3 atom stereocenters. The monoisotopic (exact) mass is 340 g/mol. The molecule has 1 aromatic carbocycles. The number of carbonyl (C=O) groups is 1. The molecule has 1 aromatic rings. The molecule has 0 aliphatic rings. The van der Waals surface area contributed by atoms with Crippen LogP contribution in [0.2, 0.25) is 0 Å². The number of hydrogen-bond donors (Lipinski definition) is 2. The Bertz CT molecular complexity index is 434. The lowest BCUT2D eigenvalue weighted by molar-refractivity contribution is -0.125. The van der Waals surface area contributed by atoms with Crippen molar-refractivity contribution in [2.24, 2.45) is 11.7 Å². The molecule has 0 saturated carbocycles. The van der Waals surface area contributed by atoms with Crippen LogP contribution >= 0.6 is 15.9 Å². The molecule has 4 heteroatoms. The predicted molar refractivity (Wildman–Crippen MR) is 87.4 cm³/mol. The number of rotatable bonds is 7. The van der Waals surface area contributed by atoms with Crippen LogP contribution in [0, 0.1) is 5.92 Å². The van der Waals surface area contributed by atoms with Gasteiger partial charge >= 0.3 is 0 Å². The summed E-state index contributed by atoms with van der Waals surface area (Å²) in [5, 5.41) is 3.07. The van der Waals surface area contributed by atoms with Gasteiger partial charge in [0.05, 0.1) is 6.04 Å². The number of amides is 1. The first-order valence-corrected chi connectivity index (χ1v) is 8.01. The van der Waals surface area contributed by atoms with Gasteiger partial charge in [0.2, 0.25) is 5.91 Å². The van der Waals surface area contributed by atoms with Gasteiger partial charge in [0.1, 0.15) is 0 Å². The molecule has 1 rings (SSSR count). The topological polar surface area (TPSA) is 55.1 Å². The first kappa shape index (κ1) is 17.2. The van der Waals surface area contributed by atoms with Crippen LogP contribution in [0.15, 0.2) is 28.7 Å². The zero-order valence-corrected chi connectivity index (χ0v) is 14.1. The lowest BCUT2D eigenvalue weighted by Gasteiger charge is -2.19. The van der Waals surface area contributed by atoms with Crippen LogP contribution in [0.4, 0.5) is 0 Å². The largest absolute Gasteiger partial charge is 0.349 e. The number of nitrogens with two attached hydrogens (primary N) is 1. The molecule has 0 aliphatic carbocycles. The van der Waals surface area contributed by atoms with E-state index in [0.717, 1.165) is 29.3 Å². The second-order valence-corrected chi connectivity index (χ2v) is 6.42. The standard InChI is InChI=1S/C16H25BrN2O/c1-11(7-6-8-12(2)18)16(20)19-13(3)14-9-4-5-10-15(14)17/h4-5,9-13H,6-8,18H2,1-3H3,(H,19,20)/t11?,12?,13-/m1/s1. The summed E-state index contributed by atoms with van der Waals surface area (Å²) in [4.78, 5) is 12.2. The fourth-order valence-corrected chi connectivity index (χ4v) is 2.76. The van der Waals surface area contributed by atoms with Crippen molar-refractivity contribution in [3.8, 4) is 0 Å². The maximum Gasteiger partial charge on any atom is 0.223 e. The fraction of sp³-hybridized carbons (Fsp3) is 0.562. The average Bonchev–Trinajstić information content (AvgIpc) is 2.38. The normalized spacial score (nSPS) is 15.4. The number of hydrogen-bond acceptors (Lipinski definition) is 2. The van der Waals surface area contributed by atoms with Crippen LogP contribution in [0.5, 0.6) is 0 Å². The van der Waals surface area contributed by atoms with Crippen molar-refractivity contribution >= 4 is 21.8 Å². The first-order valence-electron chi connectivity index (χ1n) is 7.22. The van der Waals surface area contributed by atoms with Crippen molar-refractivity contribution in [2.45, 2.75) is 52.1 Å². The Labute approximate surface area is 130 Å². The molecule has 0 heterocycles. The zero-order chi connectivity index (χ0) is 15.1. The second-order valence-electron chi connectivity index (χ2n) is 5.56. The van der Waals surface area contributed by atoms with Crippen molar-refractivity contribution < 1.29 is 4.79 Å². The van der Waals surface area contributed by atoms with Gasteiger partial charge in [-0.25, -0.2) is 0 Å². The lowest BCUT2D eigenvalue weighted by Crippen LogP contribution is -2.31. The lowest BCUT2D eigenvalue weighted by atomic mass is 10.0. The highest BCUT2D eigenvalue weighted by Gasteiger charge is 2.17. The number of carbonyl (C=O) groups excluding carboxylic acids is 1. The molecule has 0 bridgehead atoms. The molecular weight excluding hydrogens is 316 g/mol. The second kappa shape index (κ2) is 8.42. The van der Waals surface area contributed by atoms with Gasteiger partial charge in [-0.3, -0.25) is 4.79 Å². The van der Waals surface area contributed by atoms with E-state index in [1.54, 1.807) is 0 Å². The number of halogens is 1. The van der Waals surface area contributed by atoms with E-state index in [-0.39, 0.29) is 23.9 Å². The van der Waals surface area contributed by atoms with Crippen molar-refractivity contribution in [3.63, 3.8) is 0 Å². The summed E-state index contributed by atoms with van der Waals surface area (Å²) in [6.45, 7) is 5.98. The third kappa shape index (κ3) is 5.63. The van der Waals surface area contributed by atoms with E-state index in [4.69, 9.17) is 5.73 Å². The predicted octanol–water partition coefficient (Wildman–Crippen LogP) is 3.78. The molecule has 0 saturated heterocycles. The maximum absolute atomic E-state index is 12.2. The highest BCUT2D eigenvalue weighted by molar-refractivity contribution is 9.10. The third-order valence-corrected chi connectivity index (χ3v) is 4.20. The summed E-state index contributed by atoms with van der Waals surface area (Å²) in [5.41, 5.74) is 6.82. The third-order valence-electron chi connectivity index (χ3n) is 3.47. The molecule has 1 amide bonds. The number of benzene rings is 1. The maximum atomic E-state index is 12.2. The highest BCUT2D eigenvalue weighted by Crippen LogP contribution is 2.23. The Morgan fingerprint density at radius 3 is 2.50 bits per heavy atom. The molecule has 0 aromatic heterocycles. The summed E-state index contributed by atoms with van der Waals surface area (Å²) in [5.74, 6) is 0.136. The SMILES string of the molecule is CC(N)CCCC(C)C(=O)N[C@H](C)c1ccccc1Br. The minimum absolute atomic E-state index is 0.00829. The van der Waals surface area contributed by atoms with Crippen LogP contribution in [-0.4, -0.2) is 11.9 Å². The van der Waals surface area contributed by atoms with E-state index < -0.39 is 0 Å². The molecule has 2 unspecified atom stereocenters. The minimum atomic E-state index is 0.00829. The van der Waals surface area contributed by atoms with Gasteiger partial charge in [-0.15, -0.1) is 0 Å². The van der Waals surface area contributed by atoms with Crippen molar-refractivity contribution in [2.75, 3.05) is 0 Å². The summed E-state index contributed by atoms with van der Waals surface area (Å²) in [7, 11) is 0. The van der Waals surface area contributed by atoms with Crippen molar-refractivity contribution in [3.05, 3.63) is 34.3 Å². The zero-order valence-electron chi connectivity index (χ0n) is 12.5. The van der Waals surface area contributed by atoms with Crippen molar-refractivity contribution in [1.29, 1.82) is 0 Å². The van der Waals surface area contributed by atoms with E-state index in [9.17, 15) is 4.79 Å². The van der Waals surface area contributed by atoms with Gasteiger partial charge < -0.3 is 11.1 Å². The summed E-state index contributed by atoms with van der Waals surface area (Å²) in [6, 6.07) is 8.19. The van der Waals surface area contributed by atoms with E-state index in [0.29, 0.717) is 0 Å². The molecule has 0 aliphatic heterocycles. The molecule has 0 radical (unpaired) electrons. The van der Waals surface area contributed by atoms with Crippen LogP contribution in [-0.2, 0) is 4.79 Å². The van der Waals surface area contributed by atoms with Crippen molar-refractivity contribution in [1.82, 2.24) is 5.32 Å². The first-order chi connectivity index (χ1) is 9.41. The van der Waals surface area contributed by atoms with Gasteiger partial charge in [-0.05, 0) is 38.3 Å². The molecule has 112 valence electrons. The van der Waals surface area contributed by atoms with E-state index in [1.165, 1.54) is 0 Å². The molecule has 3 nitrogen and oxygen atoms in total. The average molecular weight is 341 g/mol. The van der Waals surface area contributed by atoms with Crippen LogP contribution in [0.3, 0.4) is 0 Å². The summed E-state index contributed by atoms with van der Waals surface area (Å²) in [6.07, 6.45) is 2.85. The Kier molecular flexibility index (Phi) is 7.24. The summed E-state index contributed by atoms with van der Waals surface area (Å²) < 4.78 is 1.03. The quantitative estimate of drug-likeness (QED) is 0.793. The summed E-state index contributed by atoms with van der Waals surface area (Å²) >= 11 is 3.52. The van der Waals surface area contributed by atoms with Gasteiger partial charge in [-0.2, -0.15) is 0 Å². The molecule has 20 heavy (non-hydrogen) atoms. The Morgan fingerprint density at radius 1 is 1.25 bits per heavy atom. The molecule has 3 N–H and O–H groups in total. The van der Waals surface area contributed by atoms with Gasteiger partial charge in [-0.1, -0.05) is 47.5 Å². The molecule has 0 spiro atoms. The van der Waals surface area contributed by atoms with Gasteiger partial charge in [0.15, 0.2) is 0 Å². The Hall–Kier alpha value is -0.870. The highest BCUT2D eigenvalue weighted by atomic mass is 79.9. The Morgan fingerprint density at radius 2 is 1.90 bits per heavy atom. The minimum Gasteiger partial charge on any atom is -0.349 e. The molecular formula is C16H25BrN2O. The van der Waals surface area contributed by atoms with Gasteiger partial charge in [0.25, 0.3) is 0 Å². The van der Waals surface area contributed by atoms with E-state index in [1.807, 2.05) is 45.0 Å². The fourth-order valence-electron chi connectivity index (χ4n) is 2.14. The molecule has 0 fully saturated rings. The smallest absolute Gasteiger partial charge is 0.223 e. The Balaban J connectivity index is 2.47. The van der Waals surface area contributed by atoms with Gasteiger partial charge in [0, 0.05) is 16.4 Å². The van der Waals surface area contributed by atoms with E-state index in [2.05, 4.69) is 21.2 Å². The van der Waals surface area contributed by atoms with Crippen LogP contribution in [0.1, 0.15) is 51.6 Å². The van der Waals surface area contributed by atoms with Crippen LogP contribution in [0.25, 0.3) is 0 Å². The van der Waals surface area contributed by atoms with E-state index >= 15 is 0 Å². The number of nitrogens with one attached hydrogen (secondary N) is 1. The van der Waals surface area contributed by atoms with Crippen LogP contribution < -0.4 is 11.1 Å².